The number of carbonyl (C=O) groups is 2. The summed E-state index contributed by atoms with van der Waals surface area (Å²) in [6.07, 6.45) is 2.77. The Bertz CT molecular complexity index is 335. The third-order valence-electron chi connectivity index (χ3n) is 1.95. The Kier molecular flexibility index (Phi) is 6.96. The molecule has 0 aliphatic heterocycles. The van der Waals surface area contributed by atoms with E-state index in [4.69, 9.17) is 0 Å². The van der Waals surface area contributed by atoms with Crippen LogP contribution in [0, 0.1) is 0 Å². The van der Waals surface area contributed by atoms with E-state index < -0.39 is 9.84 Å². The predicted molar refractivity (Wildman–Crippen MR) is 61.9 cm³/mol. The lowest BCUT2D eigenvalue weighted by Gasteiger charge is -2.03. The van der Waals surface area contributed by atoms with Crippen LogP contribution in [0.5, 0.6) is 0 Å². The summed E-state index contributed by atoms with van der Waals surface area (Å²) in [7, 11) is -3.04. The molecule has 0 aliphatic carbocycles. The standard InChI is InChI=1S/C10H19NO4S/c1-3-4-9(12)5-6-10(13)11-7-8-16(2,14)15/h3-8H2,1-2H3,(H,11,13). The van der Waals surface area contributed by atoms with Crippen LogP contribution >= 0.6 is 0 Å². The number of rotatable bonds is 8. The molecule has 0 unspecified atom stereocenters. The molecule has 0 spiro atoms. The quantitative estimate of drug-likeness (QED) is 0.670. The van der Waals surface area contributed by atoms with Crippen LogP contribution < -0.4 is 5.32 Å². The lowest BCUT2D eigenvalue weighted by Crippen LogP contribution is -2.28. The van der Waals surface area contributed by atoms with Crippen LogP contribution in [0.25, 0.3) is 0 Å². The SMILES string of the molecule is CCCC(=O)CCC(=O)NCCS(C)(=O)=O. The molecular weight excluding hydrogens is 230 g/mol. The van der Waals surface area contributed by atoms with Crippen molar-refractivity contribution >= 4 is 21.5 Å². The maximum atomic E-state index is 11.2. The molecule has 0 heterocycles. The topological polar surface area (TPSA) is 80.3 Å². The largest absolute Gasteiger partial charge is 0.355 e. The first-order valence-corrected chi connectivity index (χ1v) is 7.37. The molecule has 0 saturated heterocycles. The van der Waals surface area contributed by atoms with Gasteiger partial charge in [-0.15, -0.1) is 0 Å². The third-order valence-corrected chi connectivity index (χ3v) is 2.90. The fraction of sp³-hybridized carbons (Fsp3) is 0.800. The lowest BCUT2D eigenvalue weighted by molar-refractivity contribution is -0.125. The number of Topliss-reactive ketones (excluding diaryl/α,β-unsaturated/α-hetero) is 1. The van der Waals surface area contributed by atoms with Gasteiger partial charge in [0, 0.05) is 32.1 Å². The van der Waals surface area contributed by atoms with Gasteiger partial charge < -0.3 is 5.32 Å². The fourth-order valence-corrected chi connectivity index (χ4v) is 1.59. The van der Waals surface area contributed by atoms with Crippen LogP contribution in [-0.4, -0.2) is 38.7 Å². The van der Waals surface area contributed by atoms with Crippen molar-refractivity contribution in [2.75, 3.05) is 18.6 Å². The summed E-state index contributed by atoms with van der Waals surface area (Å²) in [6, 6.07) is 0. The number of carbonyl (C=O) groups excluding carboxylic acids is 2. The smallest absolute Gasteiger partial charge is 0.220 e. The van der Waals surface area contributed by atoms with E-state index in [-0.39, 0.29) is 36.8 Å². The minimum Gasteiger partial charge on any atom is -0.355 e. The molecule has 0 aromatic carbocycles. The van der Waals surface area contributed by atoms with Gasteiger partial charge in [-0.05, 0) is 6.42 Å². The van der Waals surface area contributed by atoms with Crippen molar-refractivity contribution in [2.24, 2.45) is 0 Å². The summed E-state index contributed by atoms with van der Waals surface area (Å²) in [5, 5.41) is 2.47. The summed E-state index contributed by atoms with van der Waals surface area (Å²) >= 11 is 0. The summed E-state index contributed by atoms with van der Waals surface area (Å²) in [5.74, 6) is -0.268. The molecule has 0 aliphatic rings. The van der Waals surface area contributed by atoms with Crippen molar-refractivity contribution in [1.82, 2.24) is 5.32 Å². The summed E-state index contributed by atoms with van der Waals surface area (Å²) in [4.78, 5) is 22.3. The van der Waals surface area contributed by atoms with Crippen LogP contribution in [0.2, 0.25) is 0 Å². The van der Waals surface area contributed by atoms with Crippen molar-refractivity contribution in [2.45, 2.75) is 32.6 Å². The van der Waals surface area contributed by atoms with Gasteiger partial charge in [0.15, 0.2) is 0 Å². The first kappa shape index (κ1) is 15.1. The van der Waals surface area contributed by atoms with E-state index in [1.807, 2.05) is 6.92 Å². The molecule has 6 heteroatoms. The molecule has 0 saturated carbocycles. The highest BCUT2D eigenvalue weighted by Crippen LogP contribution is 1.97. The highest BCUT2D eigenvalue weighted by molar-refractivity contribution is 7.90. The number of sulfone groups is 1. The van der Waals surface area contributed by atoms with Crippen molar-refractivity contribution in [1.29, 1.82) is 0 Å². The molecule has 0 rings (SSSR count). The van der Waals surface area contributed by atoms with E-state index in [1.165, 1.54) is 0 Å². The predicted octanol–water partition coefficient (Wildman–Crippen LogP) is 0.297. The van der Waals surface area contributed by atoms with E-state index in [2.05, 4.69) is 5.32 Å². The van der Waals surface area contributed by atoms with Crippen molar-refractivity contribution < 1.29 is 18.0 Å². The molecule has 0 radical (unpaired) electrons. The molecule has 0 bridgehead atoms. The van der Waals surface area contributed by atoms with Crippen molar-refractivity contribution in [3.8, 4) is 0 Å². The molecular formula is C10H19NO4S. The molecule has 0 atom stereocenters. The van der Waals surface area contributed by atoms with E-state index in [9.17, 15) is 18.0 Å². The first-order valence-electron chi connectivity index (χ1n) is 5.31. The summed E-state index contributed by atoms with van der Waals surface area (Å²) < 4.78 is 21.5. The molecule has 94 valence electrons. The molecule has 1 amide bonds. The zero-order chi connectivity index (χ0) is 12.6. The average molecular weight is 249 g/mol. The minimum absolute atomic E-state index is 0.0678. The van der Waals surface area contributed by atoms with Crippen molar-refractivity contribution in [3.05, 3.63) is 0 Å². The molecule has 0 aromatic heterocycles. The number of amides is 1. The molecule has 16 heavy (non-hydrogen) atoms. The molecule has 5 nitrogen and oxygen atoms in total. The van der Waals surface area contributed by atoms with Gasteiger partial charge in [-0.3, -0.25) is 9.59 Å². The molecule has 0 fully saturated rings. The Hall–Kier alpha value is -0.910. The van der Waals surface area contributed by atoms with Gasteiger partial charge in [0.05, 0.1) is 5.75 Å². The number of ketones is 1. The van der Waals surface area contributed by atoms with E-state index in [0.29, 0.717) is 6.42 Å². The van der Waals surface area contributed by atoms with Crippen molar-refractivity contribution in [3.63, 3.8) is 0 Å². The second-order valence-corrected chi connectivity index (χ2v) is 6.03. The van der Waals surface area contributed by atoms with Gasteiger partial charge in [-0.25, -0.2) is 8.42 Å². The second-order valence-electron chi connectivity index (χ2n) is 3.77. The zero-order valence-corrected chi connectivity index (χ0v) is 10.6. The van der Waals surface area contributed by atoms with Crippen LogP contribution in [-0.2, 0) is 19.4 Å². The number of hydrogen-bond donors (Lipinski definition) is 1. The van der Waals surface area contributed by atoms with Gasteiger partial charge >= 0.3 is 0 Å². The van der Waals surface area contributed by atoms with Crippen LogP contribution in [0.4, 0.5) is 0 Å². The number of nitrogens with one attached hydrogen (secondary N) is 1. The molecule has 1 N–H and O–H groups in total. The monoisotopic (exact) mass is 249 g/mol. The normalized spacial score (nSPS) is 11.1. The van der Waals surface area contributed by atoms with Gasteiger partial charge in [0.2, 0.25) is 5.91 Å². The Morgan fingerprint density at radius 3 is 2.25 bits per heavy atom. The highest BCUT2D eigenvalue weighted by Gasteiger charge is 2.07. The van der Waals surface area contributed by atoms with Gasteiger partial charge in [0.1, 0.15) is 15.6 Å². The Morgan fingerprint density at radius 2 is 1.75 bits per heavy atom. The Labute approximate surface area is 96.5 Å². The fourth-order valence-electron chi connectivity index (χ4n) is 1.12. The van der Waals surface area contributed by atoms with Crippen LogP contribution in [0.3, 0.4) is 0 Å². The zero-order valence-electron chi connectivity index (χ0n) is 9.78. The lowest BCUT2D eigenvalue weighted by atomic mass is 10.1. The van der Waals surface area contributed by atoms with Crippen LogP contribution in [0.1, 0.15) is 32.6 Å². The van der Waals surface area contributed by atoms with Gasteiger partial charge in [-0.1, -0.05) is 6.92 Å². The highest BCUT2D eigenvalue weighted by atomic mass is 32.2. The maximum Gasteiger partial charge on any atom is 0.220 e. The molecule has 0 aromatic rings. The second kappa shape index (κ2) is 7.38. The minimum atomic E-state index is -3.04. The Morgan fingerprint density at radius 1 is 1.12 bits per heavy atom. The van der Waals surface area contributed by atoms with Gasteiger partial charge in [-0.2, -0.15) is 0 Å². The third kappa shape index (κ3) is 9.64. The van der Waals surface area contributed by atoms with Crippen LogP contribution in [0.15, 0.2) is 0 Å². The van der Waals surface area contributed by atoms with Gasteiger partial charge in [0.25, 0.3) is 0 Å². The Balaban J connectivity index is 3.64. The van der Waals surface area contributed by atoms with E-state index in [0.717, 1.165) is 12.7 Å². The first-order chi connectivity index (χ1) is 7.35. The van der Waals surface area contributed by atoms with E-state index in [1.54, 1.807) is 0 Å². The maximum absolute atomic E-state index is 11.2. The average Bonchev–Trinajstić information content (AvgIpc) is 2.13. The summed E-state index contributed by atoms with van der Waals surface area (Å²) in [6.45, 7) is 2.02. The van der Waals surface area contributed by atoms with E-state index >= 15 is 0 Å². The number of hydrogen-bond acceptors (Lipinski definition) is 4. The summed E-state index contributed by atoms with van der Waals surface area (Å²) in [5.41, 5.74) is 0.